The van der Waals surface area contributed by atoms with Crippen molar-refractivity contribution in [2.75, 3.05) is 18.0 Å². The van der Waals surface area contributed by atoms with Gasteiger partial charge in [-0.25, -0.2) is 4.98 Å². The molecule has 1 aromatic rings. The van der Waals surface area contributed by atoms with Gasteiger partial charge in [-0.2, -0.15) is 0 Å². The number of thioether (sulfide) groups is 1. The number of aromatic nitrogens is 1. The Hall–Kier alpha value is -1.56. The molecule has 6 heteroatoms. The Kier molecular flexibility index (Phi) is 5.61. The predicted molar refractivity (Wildman–Crippen MR) is 84.4 cm³/mol. The second kappa shape index (κ2) is 7.45. The molecule has 0 radical (unpaired) electrons. The summed E-state index contributed by atoms with van der Waals surface area (Å²) in [7, 11) is 0. The molecular formula is C15H21N3O2S. The largest absolute Gasteiger partial charge is 0.356 e. The normalized spacial score (nSPS) is 17.5. The number of hydrogen-bond donors (Lipinski definition) is 1. The highest BCUT2D eigenvalue weighted by molar-refractivity contribution is 8.00. The van der Waals surface area contributed by atoms with Gasteiger partial charge < -0.3 is 10.2 Å². The van der Waals surface area contributed by atoms with Gasteiger partial charge in [-0.3, -0.25) is 9.59 Å². The molecule has 0 bridgehead atoms. The molecule has 21 heavy (non-hydrogen) atoms. The minimum absolute atomic E-state index is 0.00833. The van der Waals surface area contributed by atoms with Crippen molar-refractivity contribution < 1.29 is 9.59 Å². The van der Waals surface area contributed by atoms with Gasteiger partial charge in [0, 0.05) is 25.7 Å². The van der Waals surface area contributed by atoms with Gasteiger partial charge >= 0.3 is 0 Å². The highest BCUT2D eigenvalue weighted by Gasteiger charge is 2.34. The standard InChI is InChI=1S/C15H21N3O2S/c1-3-7-16-13(19)10-12-15(20)18(9-4-2)11-6-5-8-17-14(11)21-12/h5-6,8,12H,3-4,7,9-10H2,1-2H3,(H,16,19)/t12-/m1/s1. The highest BCUT2D eigenvalue weighted by Crippen LogP contribution is 2.38. The van der Waals surface area contributed by atoms with Crippen LogP contribution in [0.15, 0.2) is 23.4 Å². The number of hydrogen-bond acceptors (Lipinski definition) is 4. The molecule has 0 saturated carbocycles. The van der Waals surface area contributed by atoms with Gasteiger partial charge in [-0.15, -0.1) is 0 Å². The third-order valence-corrected chi connectivity index (χ3v) is 4.42. The zero-order chi connectivity index (χ0) is 15.2. The Balaban J connectivity index is 2.14. The summed E-state index contributed by atoms with van der Waals surface area (Å²) in [6, 6.07) is 3.75. The van der Waals surface area contributed by atoms with Crippen LogP contribution < -0.4 is 10.2 Å². The second-order valence-electron chi connectivity index (χ2n) is 4.98. The molecule has 1 aliphatic heterocycles. The van der Waals surface area contributed by atoms with Crippen LogP contribution in [-0.2, 0) is 9.59 Å². The SMILES string of the molecule is CCCNC(=O)C[C@H]1Sc2ncccc2N(CCC)C1=O. The maximum Gasteiger partial charge on any atom is 0.241 e. The lowest BCUT2D eigenvalue weighted by molar-refractivity contribution is -0.124. The van der Waals surface area contributed by atoms with Crippen LogP contribution in [0, 0.1) is 0 Å². The molecule has 0 unspecified atom stereocenters. The average molecular weight is 307 g/mol. The summed E-state index contributed by atoms with van der Waals surface area (Å²) < 4.78 is 0. The number of fused-ring (bicyclic) bond motifs is 1. The summed E-state index contributed by atoms with van der Waals surface area (Å²) in [5.74, 6) is -0.0625. The van der Waals surface area contributed by atoms with Crippen LogP contribution in [0.25, 0.3) is 0 Å². The molecule has 5 nitrogen and oxygen atoms in total. The number of rotatable bonds is 6. The number of anilines is 1. The van der Waals surface area contributed by atoms with E-state index >= 15 is 0 Å². The Morgan fingerprint density at radius 1 is 1.43 bits per heavy atom. The van der Waals surface area contributed by atoms with Gasteiger partial charge in [0.2, 0.25) is 11.8 Å². The van der Waals surface area contributed by atoms with Crippen LogP contribution in [0.3, 0.4) is 0 Å². The van der Waals surface area contributed by atoms with E-state index in [1.807, 2.05) is 26.0 Å². The highest BCUT2D eigenvalue weighted by atomic mass is 32.2. The lowest BCUT2D eigenvalue weighted by Crippen LogP contribution is -2.43. The number of pyridine rings is 1. The first-order valence-corrected chi connectivity index (χ1v) is 8.25. The van der Waals surface area contributed by atoms with Gasteiger partial charge in [-0.05, 0) is 25.0 Å². The molecule has 0 saturated heterocycles. The molecule has 1 aromatic heterocycles. The van der Waals surface area contributed by atoms with E-state index in [1.165, 1.54) is 11.8 Å². The minimum Gasteiger partial charge on any atom is -0.356 e. The van der Waals surface area contributed by atoms with Crippen molar-refractivity contribution in [2.45, 2.75) is 43.4 Å². The zero-order valence-corrected chi connectivity index (χ0v) is 13.3. The van der Waals surface area contributed by atoms with Crippen molar-refractivity contribution in [3.8, 4) is 0 Å². The van der Waals surface area contributed by atoms with Crippen LogP contribution in [0.2, 0.25) is 0 Å². The van der Waals surface area contributed by atoms with Gasteiger partial charge in [0.15, 0.2) is 0 Å². The molecule has 2 amide bonds. The van der Waals surface area contributed by atoms with E-state index in [0.29, 0.717) is 13.1 Å². The fraction of sp³-hybridized carbons (Fsp3) is 0.533. The molecule has 114 valence electrons. The summed E-state index contributed by atoms with van der Waals surface area (Å²) in [6.45, 7) is 5.35. The third kappa shape index (κ3) is 3.75. The number of carbonyl (C=O) groups excluding carboxylic acids is 2. The first-order valence-electron chi connectivity index (χ1n) is 7.37. The topological polar surface area (TPSA) is 62.3 Å². The van der Waals surface area contributed by atoms with Gasteiger partial charge in [0.1, 0.15) is 5.03 Å². The van der Waals surface area contributed by atoms with Crippen molar-refractivity contribution in [3.05, 3.63) is 18.3 Å². The van der Waals surface area contributed by atoms with Crippen LogP contribution in [0.1, 0.15) is 33.1 Å². The molecule has 2 heterocycles. The van der Waals surface area contributed by atoms with Crippen LogP contribution in [0.4, 0.5) is 5.69 Å². The van der Waals surface area contributed by atoms with E-state index in [2.05, 4.69) is 10.3 Å². The lowest BCUT2D eigenvalue weighted by Gasteiger charge is -2.32. The first-order chi connectivity index (χ1) is 10.2. The Labute approximate surface area is 129 Å². The molecule has 2 rings (SSSR count). The fourth-order valence-corrected chi connectivity index (χ4v) is 3.40. The number of carbonyl (C=O) groups is 2. The van der Waals surface area contributed by atoms with Crippen LogP contribution in [0.5, 0.6) is 0 Å². The van der Waals surface area contributed by atoms with E-state index in [-0.39, 0.29) is 23.5 Å². The smallest absolute Gasteiger partial charge is 0.241 e. The summed E-state index contributed by atoms with van der Waals surface area (Å²) >= 11 is 1.39. The second-order valence-corrected chi connectivity index (χ2v) is 6.17. The van der Waals surface area contributed by atoms with Crippen molar-refractivity contribution in [1.82, 2.24) is 10.3 Å². The monoisotopic (exact) mass is 307 g/mol. The van der Waals surface area contributed by atoms with E-state index in [4.69, 9.17) is 0 Å². The number of amides is 2. The van der Waals surface area contributed by atoms with Crippen molar-refractivity contribution in [1.29, 1.82) is 0 Å². The molecule has 1 aliphatic rings. The van der Waals surface area contributed by atoms with Gasteiger partial charge in [0.05, 0.1) is 10.9 Å². The minimum atomic E-state index is -0.379. The third-order valence-electron chi connectivity index (χ3n) is 3.23. The van der Waals surface area contributed by atoms with Crippen LogP contribution >= 0.6 is 11.8 Å². The molecule has 0 fully saturated rings. The summed E-state index contributed by atoms with van der Waals surface area (Å²) in [6.07, 6.45) is 3.70. The fourth-order valence-electron chi connectivity index (χ4n) is 2.24. The molecule has 0 aliphatic carbocycles. The van der Waals surface area contributed by atoms with E-state index in [1.54, 1.807) is 11.1 Å². The summed E-state index contributed by atoms with van der Waals surface area (Å²) in [4.78, 5) is 30.6. The number of nitrogens with zero attached hydrogens (tertiary/aromatic N) is 2. The first kappa shape index (κ1) is 15.8. The van der Waals surface area contributed by atoms with Crippen LogP contribution in [-0.4, -0.2) is 35.1 Å². The Morgan fingerprint density at radius 2 is 2.24 bits per heavy atom. The maximum absolute atomic E-state index is 12.6. The van der Waals surface area contributed by atoms with E-state index < -0.39 is 0 Å². The van der Waals surface area contributed by atoms with E-state index in [9.17, 15) is 9.59 Å². The molecular weight excluding hydrogens is 286 g/mol. The van der Waals surface area contributed by atoms with Crippen molar-refractivity contribution >= 4 is 29.3 Å². The molecule has 1 N–H and O–H groups in total. The Bertz CT molecular complexity index is 521. The zero-order valence-electron chi connectivity index (χ0n) is 12.5. The molecule has 0 spiro atoms. The maximum atomic E-state index is 12.6. The van der Waals surface area contributed by atoms with Gasteiger partial charge in [0.25, 0.3) is 0 Å². The Morgan fingerprint density at radius 3 is 2.95 bits per heavy atom. The summed E-state index contributed by atoms with van der Waals surface area (Å²) in [5, 5.41) is 3.28. The molecule has 1 atom stereocenters. The predicted octanol–water partition coefficient (Wildman–Crippen LogP) is 2.22. The number of nitrogens with one attached hydrogen (secondary N) is 1. The van der Waals surface area contributed by atoms with Crippen molar-refractivity contribution in [3.63, 3.8) is 0 Å². The quantitative estimate of drug-likeness (QED) is 0.875. The lowest BCUT2D eigenvalue weighted by atomic mass is 10.2. The van der Waals surface area contributed by atoms with Gasteiger partial charge in [-0.1, -0.05) is 25.6 Å². The van der Waals surface area contributed by atoms with E-state index in [0.717, 1.165) is 23.6 Å². The average Bonchev–Trinajstić information content (AvgIpc) is 2.49. The summed E-state index contributed by atoms with van der Waals surface area (Å²) in [5.41, 5.74) is 0.861. The van der Waals surface area contributed by atoms with Crippen molar-refractivity contribution in [2.24, 2.45) is 0 Å². The molecule has 0 aromatic carbocycles.